The lowest BCUT2D eigenvalue weighted by Gasteiger charge is -2.35. The van der Waals surface area contributed by atoms with Gasteiger partial charge in [0.1, 0.15) is 0 Å². The number of carbonyl (C=O) groups excluding carboxylic acids is 1. The highest BCUT2D eigenvalue weighted by Crippen LogP contribution is 2.28. The summed E-state index contributed by atoms with van der Waals surface area (Å²) in [6, 6.07) is 6.09. The summed E-state index contributed by atoms with van der Waals surface area (Å²) in [4.78, 5) is 14.9. The van der Waals surface area contributed by atoms with Crippen LogP contribution in [0.3, 0.4) is 0 Å². The number of piperidine rings is 1. The van der Waals surface area contributed by atoms with Gasteiger partial charge in [0.15, 0.2) is 0 Å². The van der Waals surface area contributed by atoms with E-state index in [-0.39, 0.29) is 18.3 Å². The summed E-state index contributed by atoms with van der Waals surface area (Å²) < 4.78 is 0. The largest absolute Gasteiger partial charge is 0.385 e. The fourth-order valence-electron chi connectivity index (χ4n) is 3.71. The van der Waals surface area contributed by atoms with Gasteiger partial charge in [0.2, 0.25) is 0 Å². The average Bonchev–Trinajstić information content (AvgIpc) is 2.45. The molecule has 2 unspecified atom stereocenters. The van der Waals surface area contributed by atoms with Crippen molar-refractivity contribution >= 4 is 24.0 Å². The van der Waals surface area contributed by atoms with Crippen molar-refractivity contribution in [1.29, 1.82) is 0 Å². The topological polar surface area (TPSA) is 32.3 Å². The third kappa shape index (κ3) is 3.34. The lowest BCUT2D eigenvalue weighted by Crippen LogP contribution is -2.43. The molecule has 1 aromatic rings. The first-order chi connectivity index (χ1) is 9.65. The zero-order chi connectivity index (χ0) is 14.1. The second-order valence-corrected chi connectivity index (χ2v) is 6.52. The number of halogens is 1. The van der Waals surface area contributed by atoms with E-state index in [0.717, 1.165) is 43.7 Å². The number of carbonyl (C=O) groups is 1. The van der Waals surface area contributed by atoms with Crippen LogP contribution in [0.2, 0.25) is 0 Å². The van der Waals surface area contributed by atoms with Gasteiger partial charge < -0.3 is 10.2 Å². The number of hydrogen-bond acceptors (Lipinski definition) is 2. The highest BCUT2D eigenvalue weighted by molar-refractivity contribution is 5.97. The molecule has 3 rings (SSSR count). The molecule has 0 aromatic heterocycles. The molecule has 116 valence electrons. The molecule has 1 saturated heterocycles. The Morgan fingerprint density at radius 1 is 1.24 bits per heavy atom. The van der Waals surface area contributed by atoms with Crippen molar-refractivity contribution in [1.82, 2.24) is 4.90 Å². The molecule has 0 saturated carbocycles. The van der Waals surface area contributed by atoms with Gasteiger partial charge in [-0.05, 0) is 48.8 Å². The predicted molar refractivity (Wildman–Crippen MR) is 89.3 cm³/mol. The molecule has 0 radical (unpaired) electrons. The molecule has 2 aliphatic rings. The molecule has 2 atom stereocenters. The van der Waals surface area contributed by atoms with Crippen LogP contribution in [0.1, 0.15) is 42.6 Å². The van der Waals surface area contributed by atoms with E-state index in [1.165, 1.54) is 12.0 Å². The van der Waals surface area contributed by atoms with Crippen molar-refractivity contribution in [3.8, 4) is 0 Å². The van der Waals surface area contributed by atoms with Crippen LogP contribution in [0.25, 0.3) is 0 Å². The van der Waals surface area contributed by atoms with Crippen LogP contribution >= 0.6 is 12.4 Å². The minimum absolute atomic E-state index is 0. The van der Waals surface area contributed by atoms with Crippen molar-refractivity contribution in [2.24, 2.45) is 11.8 Å². The van der Waals surface area contributed by atoms with Gasteiger partial charge in [0.25, 0.3) is 5.91 Å². The van der Waals surface area contributed by atoms with Crippen molar-refractivity contribution in [3.63, 3.8) is 0 Å². The van der Waals surface area contributed by atoms with E-state index in [0.29, 0.717) is 11.8 Å². The molecule has 3 nitrogen and oxygen atoms in total. The third-order valence-corrected chi connectivity index (χ3v) is 4.48. The van der Waals surface area contributed by atoms with Crippen LogP contribution in [-0.2, 0) is 6.42 Å². The summed E-state index contributed by atoms with van der Waals surface area (Å²) >= 11 is 0. The first kappa shape index (κ1) is 16.2. The maximum atomic E-state index is 12.9. The van der Waals surface area contributed by atoms with Crippen LogP contribution in [-0.4, -0.2) is 30.4 Å². The maximum Gasteiger partial charge on any atom is 0.254 e. The van der Waals surface area contributed by atoms with Crippen molar-refractivity contribution in [2.45, 2.75) is 33.1 Å². The second-order valence-electron chi connectivity index (χ2n) is 6.52. The van der Waals surface area contributed by atoms with Crippen LogP contribution in [0.5, 0.6) is 0 Å². The van der Waals surface area contributed by atoms with E-state index >= 15 is 0 Å². The number of rotatable bonds is 1. The number of fused-ring (bicyclic) bond motifs is 1. The predicted octanol–water partition coefficient (Wildman–Crippen LogP) is 3.58. The molecule has 0 aliphatic carbocycles. The molecular weight excluding hydrogens is 284 g/mol. The molecule has 21 heavy (non-hydrogen) atoms. The zero-order valence-corrected chi connectivity index (χ0v) is 13.7. The number of benzene rings is 1. The van der Waals surface area contributed by atoms with Gasteiger partial charge in [-0.2, -0.15) is 0 Å². The lowest BCUT2D eigenvalue weighted by atomic mass is 9.90. The van der Waals surface area contributed by atoms with E-state index < -0.39 is 0 Å². The number of nitrogens with zero attached hydrogens (tertiary/aromatic N) is 1. The first-order valence-electron chi connectivity index (χ1n) is 7.80. The Bertz CT molecular complexity index is 508. The molecular formula is C17H25ClN2O. The van der Waals surface area contributed by atoms with Crippen LogP contribution in [0.15, 0.2) is 18.2 Å². The Hall–Kier alpha value is -1.22. The third-order valence-electron chi connectivity index (χ3n) is 4.48. The van der Waals surface area contributed by atoms with Gasteiger partial charge in [-0.15, -0.1) is 12.4 Å². The van der Waals surface area contributed by atoms with Crippen LogP contribution in [0, 0.1) is 11.8 Å². The Balaban J connectivity index is 0.00000161. The summed E-state index contributed by atoms with van der Waals surface area (Å²) in [5, 5.41) is 3.41. The Morgan fingerprint density at radius 2 is 1.95 bits per heavy atom. The Kier molecular flexibility index (Phi) is 5.15. The van der Waals surface area contributed by atoms with Crippen molar-refractivity contribution in [3.05, 3.63) is 29.3 Å². The molecule has 0 bridgehead atoms. The first-order valence-corrected chi connectivity index (χ1v) is 7.80. The fourth-order valence-corrected chi connectivity index (χ4v) is 3.71. The van der Waals surface area contributed by atoms with Crippen LogP contribution < -0.4 is 5.32 Å². The second kappa shape index (κ2) is 6.69. The summed E-state index contributed by atoms with van der Waals surface area (Å²) in [7, 11) is 0. The number of likely N-dealkylation sites (tertiary alicyclic amines) is 1. The van der Waals surface area contributed by atoms with E-state index in [2.05, 4.69) is 30.1 Å². The maximum absolute atomic E-state index is 12.9. The minimum atomic E-state index is 0. The number of hydrogen-bond donors (Lipinski definition) is 1. The van der Waals surface area contributed by atoms with Gasteiger partial charge >= 0.3 is 0 Å². The van der Waals surface area contributed by atoms with Crippen molar-refractivity contribution in [2.75, 3.05) is 25.0 Å². The normalized spacial score (nSPS) is 24.6. The minimum Gasteiger partial charge on any atom is -0.385 e. The molecule has 1 N–H and O–H groups in total. The summed E-state index contributed by atoms with van der Waals surface area (Å²) in [5.74, 6) is 1.45. The van der Waals surface area contributed by atoms with Gasteiger partial charge in [-0.3, -0.25) is 4.79 Å². The molecule has 2 aliphatic heterocycles. The summed E-state index contributed by atoms with van der Waals surface area (Å²) in [6.07, 6.45) is 3.37. The smallest absolute Gasteiger partial charge is 0.254 e. The standard InChI is InChI=1S/C17H24N2O.ClH/c1-12-9-13(2)11-19(10-12)17(20)15-5-3-7-16-14(15)6-4-8-18-16;/h3,5,7,12-13,18H,4,6,8-11H2,1-2H3;1H. The molecule has 1 aromatic carbocycles. The van der Waals surface area contributed by atoms with Gasteiger partial charge in [-0.25, -0.2) is 0 Å². The SMILES string of the molecule is CC1CC(C)CN(C(=O)c2cccc3c2CCCN3)C1.Cl. The van der Waals surface area contributed by atoms with Gasteiger partial charge in [-0.1, -0.05) is 19.9 Å². The monoisotopic (exact) mass is 308 g/mol. The van der Waals surface area contributed by atoms with Gasteiger partial charge in [0.05, 0.1) is 0 Å². The number of amides is 1. The number of anilines is 1. The van der Waals surface area contributed by atoms with E-state index in [1.807, 2.05) is 12.1 Å². The molecule has 2 heterocycles. The fraction of sp³-hybridized carbons (Fsp3) is 0.588. The highest BCUT2D eigenvalue weighted by Gasteiger charge is 2.28. The molecule has 1 fully saturated rings. The molecule has 4 heteroatoms. The van der Waals surface area contributed by atoms with Crippen molar-refractivity contribution < 1.29 is 4.79 Å². The van der Waals surface area contributed by atoms with E-state index in [9.17, 15) is 4.79 Å². The summed E-state index contributed by atoms with van der Waals surface area (Å²) in [6.45, 7) is 7.32. The van der Waals surface area contributed by atoms with E-state index in [1.54, 1.807) is 0 Å². The summed E-state index contributed by atoms with van der Waals surface area (Å²) in [5.41, 5.74) is 3.28. The highest BCUT2D eigenvalue weighted by atomic mass is 35.5. The molecule has 0 spiro atoms. The van der Waals surface area contributed by atoms with Crippen LogP contribution in [0.4, 0.5) is 5.69 Å². The number of nitrogens with one attached hydrogen (secondary N) is 1. The average molecular weight is 309 g/mol. The zero-order valence-electron chi connectivity index (χ0n) is 12.9. The van der Waals surface area contributed by atoms with E-state index in [4.69, 9.17) is 0 Å². The quantitative estimate of drug-likeness (QED) is 0.860. The lowest BCUT2D eigenvalue weighted by molar-refractivity contribution is 0.0622. The molecule has 1 amide bonds. The Labute approximate surface area is 133 Å². The van der Waals surface area contributed by atoms with Gasteiger partial charge in [0, 0.05) is 30.9 Å². The Morgan fingerprint density at radius 3 is 2.67 bits per heavy atom.